The molecule has 0 spiro atoms. The topological polar surface area (TPSA) is 86.8 Å². The average molecular weight is 478 g/mol. The van der Waals surface area contributed by atoms with Crippen molar-refractivity contribution < 1.29 is 22.4 Å². The maximum absolute atomic E-state index is 14.3. The minimum absolute atomic E-state index is 0.159. The number of anilines is 1. The molecule has 0 aliphatic carbocycles. The molecule has 9 heteroatoms. The van der Waals surface area contributed by atoms with Gasteiger partial charge in [-0.25, -0.2) is 12.8 Å². The molecular weight excluding hydrogens is 445 g/mol. The number of carbonyl (C=O) groups is 2. The summed E-state index contributed by atoms with van der Waals surface area (Å²) in [5.41, 5.74) is 2.28. The summed E-state index contributed by atoms with van der Waals surface area (Å²) in [5.74, 6) is -1.54. The SMILES string of the molecule is Cc1cc(C)cc(N(CC(=O)N(Cc2ccccc2F)[C@@H](C)C(=O)NC(C)C)S(C)(=O)=O)c1. The van der Waals surface area contributed by atoms with Gasteiger partial charge in [-0.3, -0.25) is 13.9 Å². The maximum Gasteiger partial charge on any atom is 0.244 e. The summed E-state index contributed by atoms with van der Waals surface area (Å²) in [7, 11) is -3.81. The van der Waals surface area contributed by atoms with E-state index >= 15 is 0 Å². The Morgan fingerprint density at radius 1 is 1.03 bits per heavy atom. The van der Waals surface area contributed by atoms with Crippen molar-refractivity contribution in [3.05, 3.63) is 65.0 Å². The fourth-order valence-corrected chi connectivity index (χ4v) is 4.34. The van der Waals surface area contributed by atoms with Crippen LogP contribution in [0.5, 0.6) is 0 Å². The molecule has 0 bridgehead atoms. The number of benzene rings is 2. The minimum atomic E-state index is -3.81. The van der Waals surface area contributed by atoms with Gasteiger partial charge in [0.2, 0.25) is 21.8 Å². The third-order valence-electron chi connectivity index (χ3n) is 5.07. The Labute approximate surface area is 195 Å². The number of hydrogen-bond acceptors (Lipinski definition) is 4. The van der Waals surface area contributed by atoms with Crippen LogP contribution in [0.1, 0.15) is 37.5 Å². The minimum Gasteiger partial charge on any atom is -0.352 e. The lowest BCUT2D eigenvalue weighted by Gasteiger charge is -2.32. The molecule has 2 aromatic rings. The zero-order valence-corrected chi connectivity index (χ0v) is 20.7. The fraction of sp³-hybridized carbons (Fsp3) is 0.417. The Balaban J connectivity index is 2.44. The summed E-state index contributed by atoms with van der Waals surface area (Å²) in [4.78, 5) is 27.3. The summed E-state index contributed by atoms with van der Waals surface area (Å²) in [6, 6.07) is 10.1. The molecule has 0 saturated carbocycles. The summed E-state index contributed by atoms with van der Waals surface area (Å²) in [6.07, 6.45) is 1.02. The summed E-state index contributed by atoms with van der Waals surface area (Å²) < 4.78 is 40.5. The highest BCUT2D eigenvalue weighted by molar-refractivity contribution is 7.92. The first-order valence-corrected chi connectivity index (χ1v) is 12.5. The van der Waals surface area contributed by atoms with Gasteiger partial charge in [-0.15, -0.1) is 0 Å². The number of nitrogens with zero attached hydrogens (tertiary/aromatic N) is 2. The van der Waals surface area contributed by atoms with E-state index in [1.54, 1.807) is 32.0 Å². The van der Waals surface area contributed by atoms with E-state index in [0.717, 1.165) is 21.7 Å². The van der Waals surface area contributed by atoms with Crippen molar-refractivity contribution in [2.24, 2.45) is 0 Å². The number of halogens is 1. The largest absolute Gasteiger partial charge is 0.352 e. The number of carbonyl (C=O) groups excluding carboxylic acids is 2. The fourth-order valence-electron chi connectivity index (χ4n) is 3.51. The zero-order valence-electron chi connectivity index (χ0n) is 19.9. The Kier molecular flexibility index (Phi) is 8.60. The van der Waals surface area contributed by atoms with E-state index in [2.05, 4.69) is 5.32 Å². The van der Waals surface area contributed by atoms with Crippen LogP contribution in [-0.4, -0.2) is 50.0 Å². The normalized spacial score (nSPS) is 12.4. The molecule has 0 aromatic heterocycles. The van der Waals surface area contributed by atoms with Crippen molar-refractivity contribution in [2.75, 3.05) is 17.1 Å². The van der Waals surface area contributed by atoms with Gasteiger partial charge in [0.25, 0.3) is 0 Å². The monoisotopic (exact) mass is 477 g/mol. The van der Waals surface area contributed by atoms with Gasteiger partial charge < -0.3 is 10.2 Å². The van der Waals surface area contributed by atoms with Crippen LogP contribution >= 0.6 is 0 Å². The molecule has 33 heavy (non-hydrogen) atoms. The molecule has 0 saturated heterocycles. The second kappa shape index (κ2) is 10.8. The second-order valence-corrected chi connectivity index (χ2v) is 10.5. The number of aryl methyl sites for hydroxylation is 2. The molecular formula is C24H32FN3O4S. The molecule has 180 valence electrons. The van der Waals surface area contributed by atoms with Gasteiger partial charge in [0.15, 0.2) is 0 Å². The van der Waals surface area contributed by atoms with Gasteiger partial charge in [0.1, 0.15) is 18.4 Å². The van der Waals surface area contributed by atoms with Crippen molar-refractivity contribution in [1.29, 1.82) is 0 Å². The molecule has 1 atom stereocenters. The Bertz CT molecular complexity index is 1100. The molecule has 0 heterocycles. The van der Waals surface area contributed by atoms with Crippen molar-refractivity contribution in [2.45, 2.75) is 53.2 Å². The average Bonchev–Trinajstić information content (AvgIpc) is 2.68. The van der Waals surface area contributed by atoms with Gasteiger partial charge in [0.05, 0.1) is 11.9 Å². The lowest BCUT2D eigenvalue weighted by Crippen LogP contribution is -2.52. The van der Waals surface area contributed by atoms with E-state index in [4.69, 9.17) is 0 Å². The van der Waals surface area contributed by atoms with Crippen LogP contribution in [0.3, 0.4) is 0 Å². The van der Waals surface area contributed by atoms with E-state index in [1.165, 1.54) is 30.0 Å². The number of rotatable bonds is 9. The van der Waals surface area contributed by atoms with E-state index < -0.39 is 40.2 Å². The Hall–Kier alpha value is -2.94. The highest BCUT2D eigenvalue weighted by Gasteiger charge is 2.30. The van der Waals surface area contributed by atoms with Crippen LogP contribution < -0.4 is 9.62 Å². The summed E-state index contributed by atoms with van der Waals surface area (Å²) >= 11 is 0. The third-order valence-corrected chi connectivity index (χ3v) is 6.21. The van der Waals surface area contributed by atoms with Crippen molar-refractivity contribution in [1.82, 2.24) is 10.2 Å². The van der Waals surface area contributed by atoms with Gasteiger partial charge in [-0.1, -0.05) is 24.3 Å². The lowest BCUT2D eigenvalue weighted by molar-refractivity contribution is -0.139. The molecule has 1 N–H and O–H groups in total. The van der Waals surface area contributed by atoms with Crippen LogP contribution in [0, 0.1) is 19.7 Å². The van der Waals surface area contributed by atoms with Gasteiger partial charge >= 0.3 is 0 Å². The molecule has 0 aliphatic heterocycles. The highest BCUT2D eigenvalue weighted by Crippen LogP contribution is 2.22. The second-order valence-electron chi connectivity index (χ2n) is 8.57. The molecule has 0 radical (unpaired) electrons. The highest BCUT2D eigenvalue weighted by atomic mass is 32.2. The predicted molar refractivity (Wildman–Crippen MR) is 128 cm³/mol. The quantitative estimate of drug-likeness (QED) is 0.601. The van der Waals surface area contributed by atoms with Gasteiger partial charge in [-0.2, -0.15) is 0 Å². The van der Waals surface area contributed by atoms with Crippen molar-refractivity contribution >= 4 is 27.5 Å². The van der Waals surface area contributed by atoms with Gasteiger partial charge in [0, 0.05) is 18.2 Å². The lowest BCUT2D eigenvalue weighted by atomic mass is 10.1. The third kappa shape index (κ3) is 7.28. The number of nitrogens with one attached hydrogen (secondary N) is 1. The molecule has 2 aromatic carbocycles. The predicted octanol–water partition coefficient (Wildman–Crippen LogP) is 3.15. The van der Waals surface area contributed by atoms with E-state index in [0.29, 0.717) is 5.69 Å². The summed E-state index contributed by atoms with van der Waals surface area (Å²) in [5, 5.41) is 2.75. The van der Waals surface area contributed by atoms with E-state index in [9.17, 15) is 22.4 Å². The summed E-state index contributed by atoms with van der Waals surface area (Å²) in [6.45, 7) is 8.09. The first-order chi connectivity index (χ1) is 15.3. The zero-order chi connectivity index (χ0) is 24.9. The first-order valence-electron chi connectivity index (χ1n) is 10.7. The number of hydrogen-bond donors (Lipinski definition) is 1. The van der Waals surface area contributed by atoms with E-state index in [1.807, 2.05) is 19.9 Å². The van der Waals surface area contributed by atoms with Crippen LogP contribution in [0.2, 0.25) is 0 Å². The first kappa shape index (κ1) is 26.3. The number of sulfonamides is 1. The standard InChI is InChI=1S/C24H32FN3O4S/c1-16(2)26-24(30)19(5)27(14-20-9-7-8-10-22(20)25)23(29)15-28(33(6,31)32)21-12-17(3)11-18(4)13-21/h7-13,16,19H,14-15H2,1-6H3,(H,26,30)/t19-/m0/s1. The molecule has 2 rings (SSSR count). The Morgan fingerprint density at radius 3 is 2.12 bits per heavy atom. The molecule has 0 aliphatic rings. The van der Waals surface area contributed by atoms with Crippen LogP contribution in [0.25, 0.3) is 0 Å². The molecule has 0 unspecified atom stereocenters. The van der Waals surface area contributed by atoms with Crippen LogP contribution in [-0.2, 0) is 26.2 Å². The van der Waals surface area contributed by atoms with Crippen LogP contribution in [0.4, 0.5) is 10.1 Å². The van der Waals surface area contributed by atoms with Gasteiger partial charge in [-0.05, 0) is 63.9 Å². The molecule has 2 amide bonds. The number of amides is 2. The maximum atomic E-state index is 14.3. The van der Waals surface area contributed by atoms with Crippen molar-refractivity contribution in [3.63, 3.8) is 0 Å². The van der Waals surface area contributed by atoms with E-state index in [-0.39, 0.29) is 18.2 Å². The van der Waals surface area contributed by atoms with Crippen LogP contribution in [0.15, 0.2) is 42.5 Å². The Morgan fingerprint density at radius 2 is 1.61 bits per heavy atom. The van der Waals surface area contributed by atoms with Crippen molar-refractivity contribution in [3.8, 4) is 0 Å². The molecule has 7 nitrogen and oxygen atoms in total. The molecule has 0 fully saturated rings. The smallest absolute Gasteiger partial charge is 0.244 e.